The Labute approximate surface area is 111 Å². The van der Waals surface area contributed by atoms with Gasteiger partial charge in [-0.15, -0.1) is 11.8 Å². The molecule has 0 saturated carbocycles. The minimum absolute atomic E-state index is 0.0886. The number of aliphatic hydroxyl groups is 1. The molecular weight excluding hydrogens is 252 g/mol. The number of benzene rings is 1. The van der Waals surface area contributed by atoms with Crippen molar-refractivity contribution in [3.05, 3.63) is 23.8 Å². The maximum Gasteiger partial charge on any atom is 0.233 e. The first-order valence-electron chi connectivity index (χ1n) is 5.49. The molecule has 1 rings (SSSR count). The van der Waals surface area contributed by atoms with Crippen molar-refractivity contribution < 1.29 is 14.6 Å². The second-order valence-corrected chi connectivity index (χ2v) is 4.51. The Morgan fingerprint density at radius 1 is 1.61 bits per heavy atom. The summed E-state index contributed by atoms with van der Waals surface area (Å²) in [6, 6.07) is 5.57. The molecule has 0 spiro atoms. The molecule has 0 aromatic heterocycles. The van der Waals surface area contributed by atoms with Crippen LogP contribution in [0.4, 0.5) is 0 Å². The van der Waals surface area contributed by atoms with E-state index in [2.05, 4.69) is 5.32 Å². The third kappa shape index (κ3) is 3.90. The number of hydrogen-bond acceptors (Lipinski definition) is 5. The van der Waals surface area contributed by atoms with Gasteiger partial charge in [0, 0.05) is 17.0 Å². The highest BCUT2D eigenvalue weighted by molar-refractivity contribution is 7.98. The van der Waals surface area contributed by atoms with Crippen LogP contribution >= 0.6 is 11.8 Å². The molecule has 5 nitrogen and oxygen atoms in total. The third-order valence-corrected chi connectivity index (χ3v) is 3.20. The van der Waals surface area contributed by atoms with Gasteiger partial charge in [0.25, 0.3) is 0 Å². The molecule has 100 valence electrons. The van der Waals surface area contributed by atoms with Crippen LogP contribution in [0, 0.1) is 0 Å². The summed E-state index contributed by atoms with van der Waals surface area (Å²) >= 11 is 1.57. The minimum atomic E-state index is -0.817. The fourth-order valence-corrected chi connectivity index (χ4v) is 1.94. The van der Waals surface area contributed by atoms with Crippen LogP contribution in [0.1, 0.15) is 11.7 Å². The molecule has 0 radical (unpaired) electrons. The van der Waals surface area contributed by atoms with Gasteiger partial charge in [-0.25, -0.2) is 0 Å². The smallest absolute Gasteiger partial charge is 0.233 e. The molecule has 0 fully saturated rings. The molecule has 4 N–H and O–H groups in total. The Morgan fingerprint density at radius 2 is 2.33 bits per heavy atom. The topological polar surface area (TPSA) is 84.6 Å². The fourth-order valence-electron chi connectivity index (χ4n) is 1.49. The Morgan fingerprint density at radius 3 is 2.89 bits per heavy atom. The lowest BCUT2D eigenvalue weighted by Crippen LogP contribution is -2.33. The number of hydrogen-bond donors (Lipinski definition) is 3. The number of ether oxygens (including phenoxy) is 1. The van der Waals surface area contributed by atoms with Crippen molar-refractivity contribution in [2.45, 2.75) is 11.0 Å². The van der Waals surface area contributed by atoms with Crippen LogP contribution in [0.15, 0.2) is 23.1 Å². The van der Waals surface area contributed by atoms with E-state index < -0.39 is 6.10 Å². The van der Waals surface area contributed by atoms with Gasteiger partial charge in [0.2, 0.25) is 5.91 Å². The molecule has 6 heteroatoms. The van der Waals surface area contributed by atoms with E-state index in [9.17, 15) is 9.90 Å². The summed E-state index contributed by atoms with van der Waals surface area (Å²) in [6.45, 7) is 0.0267. The summed E-state index contributed by atoms with van der Waals surface area (Å²) in [7, 11) is 1.54. The first kappa shape index (κ1) is 14.8. The number of aliphatic hydroxyl groups excluding tert-OH is 1. The van der Waals surface area contributed by atoms with Crippen LogP contribution in [0.2, 0.25) is 0 Å². The SMILES string of the molecule is COc1ccc(SC)cc1C(O)CNC(=O)CN. The molecular formula is C12H18N2O3S. The maximum atomic E-state index is 11.0. The highest BCUT2D eigenvalue weighted by atomic mass is 32.2. The van der Waals surface area contributed by atoms with Crippen molar-refractivity contribution in [1.29, 1.82) is 0 Å². The Hall–Kier alpha value is -1.24. The van der Waals surface area contributed by atoms with E-state index in [4.69, 9.17) is 10.5 Å². The van der Waals surface area contributed by atoms with Crippen molar-refractivity contribution in [2.75, 3.05) is 26.5 Å². The summed E-state index contributed by atoms with van der Waals surface area (Å²) < 4.78 is 5.19. The molecule has 1 unspecified atom stereocenters. The van der Waals surface area contributed by atoms with Crippen molar-refractivity contribution in [2.24, 2.45) is 5.73 Å². The quantitative estimate of drug-likeness (QED) is 0.656. The molecule has 0 saturated heterocycles. The molecule has 1 amide bonds. The van der Waals surface area contributed by atoms with Crippen LogP contribution in [-0.2, 0) is 4.79 Å². The highest BCUT2D eigenvalue weighted by Crippen LogP contribution is 2.29. The lowest BCUT2D eigenvalue weighted by atomic mass is 10.1. The van der Waals surface area contributed by atoms with Crippen molar-refractivity contribution >= 4 is 17.7 Å². The zero-order valence-electron chi connectivity index (χ0n) is 10.5. The van der Waals surface area contributed by atoms with E-state index in [1.165, 1.54) is 0 Å². The minimum Gasteiger partial charge on any atom is -0.496 e. The second-order valence-electron chi connectivity index (χ2n) is 3.63. The molecule has 0 bridgehead atoms. The molecule has 0 aliphatic carbocycles. The largest absolute Gasteiger partial charge is 0.496 e. The van der Waals surface area contributed by atoms with E-state index in [-0.39, 0.29) is 19.0 Å². The lowest BCUT2D eigenvalue weighted by molar-refractivity contribution is -0.120. The number of rotatable bonds is 6. The molecule has 0 aliphatic rings. The molecule has 0 heterocycles. The normalized spacial score (nSPS) is 12.0. The van der Waals surface area contributed by atoms with Gasteiger partial charge in [-0.3, -0.25) is 4.79 Å². The van der Waals surface area contributed by atoms with E-state index in [1.54, 1.807) is 24.9 Å². The Balaban J connectivity index is 2.82. The number of amides is 1. The summed E-state index contributed by atoms with van der Waals surface area (Å²) in [5, 5.41) is 12.6. The van der Waals surface area contributed by atoms with Gasteiger partial charge in [0.15, 0.2) is 0 Å². The molecule has 1 atom stereocenters. The van der Waals surface area contributed by atoms with Crippen LogP contribution in [-0.4, -0.2) is 37.5 Å². The number of methoxy groups -OCH3 is 1. The standard InChI is InChI=1S/C12H18N2O3S/c1-17-11-4-3-8(18-2)5-9(11)10(15)7-14-12(16)6-13/h3-5,10,15H,6-7,13H2,1-2H3,(H,14,16). The first-order chi connectivity index (χ1) is 8.62. The lowest BCUT2D eigenvalue weighted by Gasteiger charge is -2.16. The van der Waals surface area contributed by atoms with E-state index in [0.717, 1.165) is 4.90 Å². The average molecular weight is 270 g/mol. The Bertz CT molecular complexity index is 412. The van der Waals surface area contributed by atoms with Gasteiger partial charge in [-0.05, 0) is 24.5 Å². The zero-order chi connectivity index (χ0) is 13.5. The highest BCUT2D eigenvalue weighted by Gasteiger charge is 2.14. The van der Waals surface area contributed by atoms with Crippen molar-refractivity contribution in [3.63, 3.8) is 0 Å². The predicted octanol–water partition coefficient (Wildman–Crippen LogP) is 0.525. The average Bonchev–Trinajstić information content (AvgIpc) is 2.43. The zero-order valence-corrected chi connectivity index (χ0v) is 11.3. The van der Waals surface area contributed by atoms with Crippen molar-refractivity contribution in [3.8, 4) is 5.75 Å². The van der Waals surface area contributed by atoms with Gasteiger partial charge in [0.1, 0.15) is 5.75 Å². The molecule has 1 aromatic carbocycles. The van der Waals surface area contributed by atoms with Gasteiger partial charge in [-0.2, -0.15) is 0 Å². The van der Waals surface area contributed by atoms with Crippen LogP contribution in [0.5, 0.6) is 5.75 Å². The van der Waals surface area contributed by atoms with Crippen LogP contribution < -0.4 is 15.8 Å². The third-order valence-electron chi connectivity index (χ3n) is 2.47. The van der Waals surface area contributed by atoms with Gasteiger partial charge >= 0.3 is 0 Å². The van der Waals surface area contributed by atoms with Crippen LogP contribution in [0.3, 0.4) is 0 Å². The summed E-state index contributed by atoms with van der Waals surface area (Å²) in [5.41, 5.74) is 5.83. The van der Waals surface area contributed by atoms with Crippen molar-refractivity contribution in [1.82, 2.24) is 5.32 Å². The number of carbonyl (C=O) groups excluding carboxylic acids is 1. The van der Waals surface area contributed by atoms with Crippen LogP contribution in [0.25, 0.3) is 0 Å². The molecule has 18 heavy (non-hydrogen) atoms. The molecule has 0 aliphatic heterocycles. The van der Waals surface area contributed by atoms with Gasteiger partial charge in [0.05, 0.1) is 19.8 Å². The first-order valence-corrected chi connectivity index (χ1v) is 6.71. The molecule has 1 aromatic rings. The second kappa shape index (κ2) is 7.25. The number of thioether (sulfide) groups is 1. The van der Waals surface area contributed by atoms with Gasteiger partial charge in [-0.1, -0.05) is 0 Å². The summed E-state index contributed by atoms with van der Waals surface area (Å²) in [6.07, 6.45) is 1.14. The summed E-state index contributed by atoms with van der Waals surface area (Å²) in [5.74, 6) is 0.302. The van der Waals surface area contributed by atoms with E-state index >= 15 is 0 Å². The number of carbonyl (C=O) groups is 1. The maximum absolute atomic E-state index is 11.0. The monoisotopic (exact) mass is 270 g/mol. The van der Waals surface area contributed by atoms with E-state index in [1.807, 2.05) is 18.4 Å². The summed E-state index contributed by atoms with van der Waals surface area (Å²) in [4.78, 5) is 12.1. The van der Waals surface area contributed by atoms with Gasteiger partial charge < -0.3 is 20.9 Å². The number of nitrogens with two attached hydrogens (primary N) is 1. The predicted molar refractivity (Wildman–Crippen MR) is 71.8 cm³/mol. The fraction of sp³-hybridized carbons (Fsp3) is 0.417. The number of nitrogens with one attached hydrogen (secondary N) is 1. The van der Waals surface area contributed by atoms with E-state index in [0.29, 0.717) is 11.3 Å². The Kier molecular flexibility index (Phi) is 5.97.